The first-order valence-corrected chi connectivity index (χ1v) is 9.78. The fourth-order valence-electron chi connectivity index (χ4n) is 3.71. The van der Waals surface area contributed by atoms with Crippen molar-refractivity contribution in [3.8, 4) is 11.4 Å². The van der Waals surface area contributed by atoms with Gasteiger partial charge in [0.25, 0.3) is 0 Å². The lowest BCUT2D eigenvalue weighted by atomic mass is 9.83. The molecule has 1 aromatic carbocycles. The van der Waals surface area contributed by atoms with E-state index >= 15 is 0 Å². The number of carbonyl (C=O) groups is 2. The number of carboxylic acid groups (broad SMARTS) is 1. The number of imidazole rings is 1. The van der Waals surface area contributed by atoms with Crippen molar-refractivity contribution in [2.45, 2.75) is 65.8 Å². The fourth-order valence-corrected chi connectivity index (χ4v) is 3.71. The number of hydrogen-bond donors (Lipinski definition) is 1. The van der Waals surface area contributed by atoms with Gasteiger partial charge in [-0.3, -0.25) is 9.59 Å². The van der Waals surface area contributed by atoms with Gasteiger partial charge in [0.05, 0.1) is 5.92 Å². The maximum atomic E-state index is 11.5. The summed E-state index contributed by atoms with van der Waals surface area (Å²) in [5.74, 6) is -0.417. The Morgan fingerprint density at radius 3 is 2.59 bits per heavy atom. The van der Waals surface area contributed by atoms with Crippen LogP contribution in [0.3, 0.4) is 0 Å². The van der Waals surface area contributed by atoms with Crippen molar-refractivity contribution in [3.63, 3.8) is 0 Å². The molecule has 0 radical (unpaired) electrons. The molecule has 5 heteroatoms. The summed E-state index contributed by atoms with van der Waals surface area (Å²) < 4.78 is 2.05. The van der Waals surface area contributed by atoms with E-state index in [4.69, 9.17) is 0 Å². The number of unbranched alkanes of at least 4 members (excludes halogenated alkanes) is 2. The van der Waals surface area contributed by atoms with E-state index in [2.05, 4.69) is 11.9 Å². The molecule has 1 heterocycles. The second-order valence-electron chi connectivity index (χ2n) is 7.22. The Kier molecular flexibility index (Phi) is 7.34. The smallest absolute Gasteiger partial charge is 0.307 e. The molecule has 0 saturated heterocycles. The molecule has 0 aliphatic carbocycles. The van der Waals surface area contributed by atoms with Gasteiger partial charge in [-0.05, 0) is 42.9 Å². The number of hydrogen-bond acceptors (Lipinski definition) is 3. The first-order valence-electron chi connectivity index (χ1n) is 9.78. The average Bonchev–Trinajstić information content (AvgIpc) is 3.05. The predicted octanol–water partition coefficient (Wildman–Crippen LogP) is 5.08. The number of carboxylic acids is 1. The summed E-state index contributed by atoms with van der Waals surface area (Å²) in [6.45, 7) is 8.89. The van der Waals surface area contributed by atoms with Crippen molar-refractivity contribution < 1.29 is 14.7 Å². The van der Waals surface area contributed by atoms with Gasteiger partial charge in [-0.1, -0.05) is 45.7 Å². The number of aromatic nitrogens is 2. The minimum absolute atomic E-state index is 0.0589. The molecule has 146 valence electrons. The predicted molar refractivity (Wildman–Crippen MR) is 107 cm³/mol. The summed E-state index contributed by atoms with van der Waals surface area (Å²) in [5, 5.41) is 9.45. The molecular weight excluding hydrogens is 340 g/mol. The molecule has 1 N–H and O–H groups in total. The Labute approximate surface area is 161 Å². The summed E-state index contributed by atoms with van der Waals surface area (Å²) >= 11 is 0. The normalized spacial score (nSPS) is 13.3. The summed E-state index contributed by atoms with van der Waals surface area (Å²) in [6, 6.07) is 6.04. The number of aliphatic carboxylic acids is 1. The lowest BCUT2D eigenvalue weighted by Gasteiger charge is -2.21. The molecule has 0 bridgehead atoms. The third-order valence-electron chi connectivity index (χ3n) is 5.30. The Hall–Kier alpha value is -2.43. The molecular formula is C22H30N2O3. The zero-order valence-electron chi connectivity index (χ0n) is 16.7. The molecule has 5 nitrogen and oxygen atoms in total. The molecule has 0 spiro atoms. The van der Waals surface area contributed by atoms with Gasteiger partial charge in [0.2, 0.25) is 0 Å². The van der Waals surface area contributed by atoms with Crippen LogP contribution in [0, 0.1) is 12.8 Å². The first kappa shape index (κ1) is 20.9. The number of carbonyl (C=O) groups excluding carboxylic acids is 1. The molecule has 1 aromatic heterocycles. The summed E-state index contributed by atoms with van der Waals surface area (Å²) in [5.41, 5.74) is 3.49. The highest BCUT2D eigenvalue weighted by atomic mass is 16.4. The van der Waals surface area contributed by atoms with Crippen molar-refractivity contribution in [1.29, 1.82) is 0 Å². The SMILES string of the molecule is CCCCCn1cc(C=O)nc1-c1ccc(C(C)C(CC)C(=O)O)c(C)c1. The molecule has 2 aromatic rings. The van der Waals surface area contributed by atoms with Gasteiger partial charge in [-0.15, -0.1) is 0 Å². The summed E-state index contributed by atoms with van der Waals surface area (Å²) in [4.78, 5) is 27.2. The van der Waals surface area contributed by atoms with Crippen LogP contribution in [0.5, 0.6) is 0 Å². The zero-order chi connectivity index (χ0) is 20.0. The van der Waals surface area contributed by atoms with Crippen molar-refractivity contribution in [1.82, 2.24) is 9.55 Å². The van der Waals surface area contributed by atoms with Crippen molar-refractivity contribution >= 4 is 12.3 Å². The van der Waals surface area contributed by atoms with Gasteiger partial charge < -0.3 is 9.67 Å². The molecule has 2 rings (SSSR count). The van der Waals surface area contributed by atoms with Crippen LogP contribution in [0.15, 0.2) is 24.4 Å². The van der Waals surface area contributed by atoms with Crippen LogP contribution in [0.1, 0.15) is 74.0 Å². The maximum absolute atomic E-state index is 11.5. The number of rotatable bonds is 10. The Morgan fingerprint density at radius 2 is 2.04 bits per heavy atom. The standard InChI is InChI=1S/C22H30N2O3/c1-5-7-8-11-24-13-18(14-25)23-21(24)17-9-10-20(15(3)12-17)16(4)19(6-2)22(26)27/h9-10,12-14,16,19H,5-8,11H2,1-4H3,(H,26,27). The van der Waals surface area contributed by atoms with Gasteiger partial charge in [0, 0.05) is 18.3 Å². The van der Waals surface area contributed by atoms with E-state index < -0.39 is 11.9 Å². The third kappa shape index (κ3) is 4.85. The van der Waals surface area contributed by atoms with Gasteiger partial charge in [0.1, 0.15) is 11.5 Å². The lowest BCUT2D eigenvalue weighted by Crippen LogP contribution is -2.20. The van der Waals surface area contributed by atoms with Gasteiger partial charge in [0.15, 0.2) is 6.29 Å². The van der Waals surface area contributed by atoms with E-state index in [-0.39, 0.29) is 5.92 Å². The highest BCUT2D eigenvalue weighted by molar-refractivity contribution is 5.74. The van der Waals surface area contributed by atoms with Gasteiger partial charge >= 0.3 is 5.97 Å². The van der Waals surface area contributed by atoms with Gasteiger partial charge in [-0.2, -0.15) is 0 Å². The molecule has 27 heavy (non-hydrogen) atoms. The highest BCUT2D eigenvalue weighted by Crippen LogP contribution is 2.32. The van der Waals surface area contributed by atoms with E-state index in [1.807, 2.05) is 43.5 Å². The number of nitrogens with zero attached hydrogens (tertiary/aromatic N) is 2. The van der Waals surface area contributed by atoms with Crippen LogP contribution in [0.25, 0.3) is 11.4 Å². The minimum Gasteiger partial charge on any atom is -0.481 e. The summed E-state index contributed by atoms with van der Waals surface area (Å²) in [6.07, 6.45) is 6.50. The Bertz CT molecular complexity index is 795. The van der Waals surface area contributed by atoms with Crippen molar-refractivity contribution in [3.05, 3.63) is 41.2 Å². The van der Waals surface area contributed by atoms with Crippen molar-refractivity contribution in [2.24, 2.45) is 5.92 Å². The molecule has 0 amide bonds. The number of aryl methyl sites for hydroxylation is 2. The second-order valence-corrected chi connectivity index (χ2v) is 7.22. The quantitative estimate of drug-likeness (QED) is 0.468. The maximum Gasteiger partial charge on any atom is 0.307 e. The molecule has 0 fully saturated rings. The molecule has 2 unspecified atom stereocenters. The number of aldehydes is 1. The van der Waals surface area contributed by atoms with E-state index in [0.29, 0.717) is 12.1 Å². The van der Waals surface area contributed by atoms with E-state index in [1.165, 1.54) is 0 Å². The monoisotopic (exact) mass is 370 g/mol. The van der Waals surface area contributed by atoms with Crippen LogP contribution in [-0.2, 0) is 11.3 Å². The van der Waals surface area contributed by atoms with Crippen LogP contribution < -0.4 is 0 Å². The summed E-state index contributed by atoms with van der Waals surface area (Å²) in [7, 11) is 0. The van der Waals surface area contributed by atoms with Gasteiger partial charge in [-0.25, -0.2) is 4.98 Å². The van der Waals surface area contributed by atoms with Crippen LogP contribution in [0.2, 0.25) is 0 Å². The first-order chi connectivity index (χ1) is 12.9. The van der Waals surface area contributed by atoms with E-state index in [9.17, 15) is 14.7 Å². The minimum atomic E-state index is -0.754. The lowest BCUT2D eigenvalue weighted by molar-refractivity contribution is -0.142. The van der Waals surface area contributed by atoms with Crippen LogP contribution in [-0.4, -0.2) is 26.9 Å². The largest absolute Gasteiger partial charge is 0.481 e. The average molecular weight is 370 g/mol. The Morgan fingerprint density at radius 1 is 1.30 bits per heavy atom. The van der Waals surface area contributed by atoms with Crippen molar-refractivity contribution in [2.75, 3.05) is 0 Å². The van der Waals surface area contributed by atoms with E-state index in [1.54, 1.807) is 6.20 Å². The van der Waals surface area contributed by atoms with Crippen LogP contribution in [0.4, 0.5) is 0 Å². The highest BCUT2D eigenvalue weighted by Gasteiger charge is 2.25. The number of benzene rings is 1. The molecule has 2 atom stereocenters. The Balaban J connectivity index is 2.35. The third-order valence-corrected chi connectivity index (χ3v) is 5.30. The molecule has 0 aliphatic heterocycles. The topological polar surface area (TPSA) is 72.2 Å². The molecule has 0 aliphatic rings. The second kappa shape index (κ2) is 9.49. The van der Waals surface area contributed by atoms with Crippen LogP contribution >= 0.6 is 0 Å². The molecule has 0 saturated carbocycles. The van der Waals surface area contributed by atoms with E-state index in [0.717, 1.165) is 54.6 Å². The zero-order valence-corrected chi connectivity index (χ0v) is 16.7. The fraction of sp³-hybridized carbons (Fsp3) is 0.500.